The van der Waals surface area contributed by atoms with Crippen LogP contribution in [-0.2, 0) is 21.2 Å². The maximum absolute atomic E-state index is 14.8. The lowest BCUT2D eigenvalue weighted by atomic mass is 9.78. The normalized spacial score (nSPS) is 24.4. The van der Waals surface area contributed by atoms with Crippen LogP contribution in [0.2, 0.25) is 0 Å². The molecule has 0 amide bonds. The summed E-state index contributed by atoms with van der Waals surface area (Å²) >= 11 is 0. The van der Waals surface area contributed by atoms with Crippen molar-refractivity contribution in [2.75, 3.05) is 0 Å². The lowest BCUT2D eigenvalue weighted by molar-refractivity contribution is -0.117. The lowest BCUT2D eigenvalue weighted by Crippen LogP contribution is -2.41. The molecular formula is C21H28BFN2O4. The van der Waals surface area contributed by atoms with Crippen LogP contribution >= 0.6 is 0 Å². The molecule has 2 fully saturated rings. The summed E-state index contributed by atoms with van der Waals surface area (Å²) in [6.45, 7) is 9.89. The molecule has 2 atom stereocenters. The van der Waals surface area contributed by atoms with Crippen LogP contribution in [0.25, 0.3) is 10.9 Å². The van der Waals surface area contributed by atoms with Gasteiger partial charge in [-0.3, -0.25) is 4.79 Å². The number of rotatable bonds is 4. The zero-order valence-corrected chi connectivity index (χ0v) is 17.9. The predicted molar refractivity (Wildman–Crippen MR) is 109 cm³/mol. The number of hydrogen-bond donors (Lipinski definition) is 0. The predicted octanol–water partition coefficient (Wildman–Crippen LogP) is 3.15. The molecule has 6 nitrogen and oxygen atoms in total. The van der Waals surface area contributed by atoms with Crippen LogP contribution in [0, 0.1) is 11.9 Å². The highest BCUT2D eigenvalue weighted by molar-refractivity contribution is 6.62. The fourth-order valence-electron chi connectivity index (χ4n) is 4.02. The van der Waals surface area contributed by atoms with Crippen LogP contribution < -0.4 is 10.2 Å². The van der Waals surface area contributed by atoms with Crippen molar-refractivity contribution in [3.63, 3.8) is 0 Å². The molecule has 0 N–H and O–H groups in total. The smallest absolute Gasteiger partial charge is 0.490 e. The number of Topliss-reactive ketones (excluding diaryl/α,β-unsaturated/α-hetero) is 1. The third-order valence-electron chi connectivity index (χ3n) is 6.64. The SMILES string of the molecule is C[C@@H](Oc1cc(B2OC(C)(C)C(C)(C)O2)cc2nn(C)c(F)c12)[C@H]1CCC(=O)C1. The summed E-state index contributed by atoms with van der Waals surface area (Å²) < 4.78 is 34.5. The number of carbonyl (C=O) groups is 1. The zero-order chi connectivity index (χ0) is 21.1. The summed E-state index contributed by atoms with van der Waals surface area (Å²) in [6, 6.07) is 3.57. The van der Waals surface area contributed by atoms with Crippen LogP contribution in [0.1, 0.15) is 53.9 Å². The molecule has 4 rings (SSSR count). The average Bonchev–Trinajstić information content (AvgIpc) is 3.23. The van der Waals surface area contributed by atoms with E-state index in [0.29, 0.717) is 29.5 Å². The third-order valence-corrected chi connectivity index (χ3v) is 6.64. The molecule has 1 saturated carbocycles. The summed E-state index contributed by atoms with van der Waals surface area (Å²) in [5.41, 5.74) is 0.252. The van der Waals surface area contributed by atoms with Gasteiger partial charge in [-0.1, -0.05) is 0 Å². The maximum atomic E-state index is 14.8. The Hall–Kier alpha value is -1.93. The van der Waals surface area contributed by atoms with E-state index in [9.17, 15) is 9.18 Å². The van der Waals surface area contributed by atoms with Gasteiger partial charge < -0.3 is 14.0 Å². The van der Waals surface area contributed by atoms with Gasteiger partial charge in [-0.05, 0) is 58.6 Å². The lowest BCUT2D eigenvalue weighted by Gasteiger charge is -2.32. The Morgan fingerprint density at radius 1 is 1.28 bits per heavy atom. The summed E-state index contributed by atoms with van der Waals surface area (Å²) in [4.78, 5) is 11.7. The van der Waals surface area contributed by atoms with E-state index in [2.05, 4.69) is 5.10 Å². The monoisotopic (exact) mass is 402 g/mol. The molecule has 0 bridgehead atoms. The molecule has 1 saturated heterocycles. The molecule has 2 aromatic rings. The summed E-state index contributed by atoms with van der Waals surface area (Å²) in [5, 5.41) is 4.63. The Kier molecular flexibility index (Phi) is 4.78. The van der Waals surface area contributed by atoms with Gasteiger partial charge in [0, 0.05) is 25.8 Å². The molecule has 2 aliphatic rings. The van der Waals surface area contributed by atoms with Gasteiger partial charge in [0.2, 0.25) is 5.95 Å². The van der Waals surface area contributed by atoms with Gasteiger partial charge >= 0.3 is 7.12 Å². The van der Waals surface area contributed by atoms with Crippen molar-refractivity contribution in [3.05, 3.63) is 18.1 Å². The number of aromatic nitrogens is 2. The maximum Gasteiger partial charge on any atom is 0.495 e. The summed E-state index contributed by atoms with van der Waals surface area (Å²) in [7, 11) is 0.965. The quantitative estimate of drug-likeness (QED) is 0.736. The number of ether oxygens (including phenoxy) is 1. The second-order valence-electron chi connectivity index (χ2n) is 9.28. The molecule has 1 aliphatic carbocycles. The first kappa shape index (κ1) is 20.4. The van der Waals surface area contributed by atoms with Crippen LogP contribution in [0.5, 0.6) is 5.75 Å². The molecule has 1 aromatic carbocycles. The number of benzene rings is 1. The molecule has 1 aliphatic heterocycles. The minimum Gasteiger partial charge on any atom is -0.490 e. The van der Waals surface area contributed by atoms with Crippen molar-refractivity contribution < 1.29 is 23.2 Å². The first-order valence-electron chi connectivity index (χ1n) is 10.2. The second-order valence-corrected chi connectivity index (χ2v) is 9.28. The summed E-state index contributed by atoms with van der Waals surface area (Å²) in [5.74, 6) is 0.349. The highest BCUT2D eigenvalue weighted by Gasteiger charge is 2.52. The second kappa shape index (κ2) is 6.81. The van der Waals surface area contributed by atoms with Crippen molar-refractivity contribution in [3.8, 4) is 5.75 Å². The Morgan fingerprint density at radius 3 is 2.52 bits per heavy atom. The fraction of sp³-hybridized carbons (Fsp3) is 0.619. The van der Waals surface area contributed by atoms with Gasteiger partial charge in [0.15, 0.2) is 0 Å². The number of halogens is 1. The molecule has 0 radical (unpaired) electrons. The molecule has 0 unspecified atom stereocenters. The zero-order valence-electron chi connectivity index (χ0n) is 17.9. The molecule has 0 spiro atoms. The number of fused-ring (bicyclic) bond motifs is 1. The molecule has 2 heterocycles. The van der Waals surface area contributed by atoms with Crippen molar-refractivity contribution in [1.29, 1.82) is 0 Å². The van der Waals surface area contributed by atoms with Gasteiger partial charge in [-0.15, -0.1) is 0 Å². The number of hydrogen-bond acceptors (Lipinski definition) is 5. The highest BCUT2D eigenvalue weighted by Crippen LogP contribution is 2.38. The molecule has 156 valence electrons. The van der Waals surface area contributed by atoms with E-state index in [1.165, 1.54) is 4.68 Å². The summed E-state index contributed by atoms with van der Waals surface area (Å²) in [6.07, 6.45) is 1.69. The molecule has 29 heavy (non-hydrogen) atoms. The largest absolute Gasteiger partial charge is 0.495 e. The van der Waals surface area contributed by atoms with Gasteiger partial charge in [0.1, 0.15) is 11.5 Å². The molecule has 1 aromatic heterocycles. The van der Waals surface area contributed by atoms with E-state index < -0.39 is 24.3 Å². The molecule has 8 heteroatoms. The minimum atomic E-state index is -0.597. The van der Waals surface area contributed by atoms with Crippen molar-refractivity contribution >= 4 is 29.3 Å². The van der Waals surface area contributed by atoms with Gasteiger partial charge in [-0.2, -0.15) is 9.49 Å². The van der Waals surface area contributed by atoms with Gasteiger partial charge in [0.05, 0.1) is 28.2 Å². The van der Waals surface area contributed by atoms with E-state index in [1.54, 1.807) is 19.2 Å². The van der Waals surface area contributed by atoms with Gasteiger partial charge in [0.25, 0.3) is 0 Å². The molecular weight excluding hydrogens is 374 g/mol. The number of nitrogens with zero attached hydrogens (tertiary/aromatic N) is 2. The number of carbonyl (C=O) groups excluding carboxylic acids is 1. The van der Waals surface area contributed by atoms with Crippen LogP contribution in [0.4, 0.5) is 4.39 Å². The van der Waals surface area contributed by atoms with Crippen molar-refractivity contribution in [2.24, 2.45) is 13.0 Å². The van der Waals surface area contributed by atoms with Crippen LogP contribution in [0.15, 0.2) is 12.1 Å². The first-order valence-corrected chi connectivity index (χ1v) is 10.2. The Morgan fingerprint density at radius 2 is 1.93 bits per heavy atom. The topological polar surface area (TPSA) is 62.6 Å². The number of aryl methyl sites for hydroxylation is 1. The van der Waals surface area contributed by atoms with Crippen LogP contribution in [0.3, 0.4) is 0 Å². The van der Waals surface area contributed by atoms with Gasteiger partial charge in [-0.25, -0.2) is 4.68 Å². The van der Waals surface area contributed by atoms with E-state index in [0.717, 1.165) is 11.9 Å². The van der Waals surface area contributed by atoms with E-state index >= 15 is 0 Å². The average molecular weight is 402 g/mol. The van der Waals surface area contributed by atoms with Crippen molar-refractivity contribution in [2.45, 2.75) is 71.2 Å². The Labute approximate surface area is 170 Å². The number of ketones is 1. The first-order chi connectivity index (χ1) is 13.5. The highest BCUT2D eigenvalue weighted by atomic mass is 19.1. The Balaban J connectivity index is 1.72. The third kappa shape index (κ3) is 3.46. The Bertz CT molecular complexity index is 955. The van der Waals surface area contributed by atoms with Crippen molar-refractivity contribution in [1.82, 2.24) is 9.78 Å². The van der Waals surface area contributed by atoms with E-state index in [4.69, 9.17) is 14.0 Å². The fourth-order valence-corrected chi connectivity index (χ4v) is 4.02. The van der Waals surface area contributed by atoms with E-state index in [-0.39, 0.29) is 17.8 Å². The van der Waals surface area contributed by atoms with Crippen LogP contribution in [-0.4, -0.2) is 40.0 Å². The minimum absolute atomic E-state index is 0.137. The standard InChI is InChI=1S/C21H28BFN2O4/c1-12(13-7-8-15(26)9-13)27-17-11-14(10-16-18(17)19(23)25(6)24-16)22-28-20(2,3)21(4,5)29-22/h10-13H,7-9H2,1-6H3/t12-,13+/m1/s1. The van der Waals surface area contributed by atoms with E-state index in [1.807, 2.05) is 34.6 Å².